The second kappa shape index (κ2) is 7.56. The molecule has 0 saturated carbocycles. The Kier molecular flexibility index (Phi) is 5.12. The smallest absolute Gasteiger partial charge is 0.263 e. The fourth-order valence-corrected chi connectivity index (χ4v) is 5.39. The monoisotopic (exact) mass is 411 g/mol. The van der Waals surface area contributed by atoms with Crippen LogP contribution in [0.15, 0.2) is 58.3 Å². The van der Waals surface area contributed by atoms with Gasteiger partial charge in [0.2, 0.25) is 5.91 Å². The third-order valence-electron chi connectivity index (χ3n) is 4.93. The van der Waals surface area contributed by atoms with Crippen molar-refractivity contribution in [2.24, 2.45) is 0 Å². The van der Waals surface area contributed by atoms with Gasteiger partial charge in [0.15, 0.2) is 5.16 Å². The van der Waals surface area contributed by atoms with E-state index in [0.29, 0.717) is 21.9 Å². The number of thioether (sulfide) groups is 1. The summed E-state index contributed by atoms with van der Waals surface area (Å²) < 4.78 is 1.60. The number of rotatable bonds is 5. The maximum Gasteiger partial charge on any atom is 0.263 e. The summed E-state index contributed by atoms with van der Waals surface area (Å²) in [7, 11) is 0. The van der Waals surface area contributed by atoms with E-state index in [1.807, 2.05) is 35.4 Å². The molecule has 1 aliphatic heterocycles. The molecule has 0 saturated heterocycles. The van der Waals surface area contributed by atoms with Crippen LogP contribution in [-0.2, 0) is 17.8 Å². The maximum absolute atomic E-state index is 13.3. The van der Waals surface area contributed by atoms with Gasteiger partial charge in [-0.15, -0.1) is 17.9 Å². The zero-order valence-electron chi connectivity index (χ0n) is 15.8. The number of hydrogen-bond acceptors (Lipinski definition) is 5. The lowest BCUT2D eigenvalue weighted by molar-refractivity contribution is -0.118. The number of carbonyl (C=O) groups excluding carboxylic acids is 1. The standard InChI is InChI=1S/C21H21N3O2S2/c1-4-10-23-20(26)16-9-11-27-18(16)22-21(23)28-14(3)19(25)24-13(2)12-15-7-5-6-8-17(15)24/h4-9,11,13-14H,1,10,12H2,2-3H3. The van der Waals surface area contributed by atoms with Crippen LogP contribution in [-0.4, -0.2) is 26.8 Å². The van der Waals surface area contributed by atoms with Gasteiger partial charge in [-0.05, 0) is 43.3 Å². The van der Waals surface area contributed by atoms with Crippen molar-refractivity contribution in [3.63, 3.8) is 0 Å². The van der Waals surface area contributed by atoms with Gasteiger partial charge < -0.3 is 4.90 Å². The second-order valence-electron chi connectivity index (χ2n) is 6.89. The van der Waals surface area contributed by atoms with Gasteiger partial charge in [-0.3, -0.25) is 14.2 Å². The van der Waals surface area contributed by atoms with E-state index in [9.17, 15) is 9.59 Å². The first kappa shape index (κ1) is 19.0. The van der Waals surface area contributed by atoms with Crippen LogP contribution in [0.2, 0.25) is 0 Å². The van der Waals surface area contributed by atoms with E-state index in [0.717, 1.165) is 12.1 Å². The van der Waals surface area contributed by atoms with Gasteiger partial charge in [-0.2, -0.15) is 0 Å². The summed E-state index contributed by atoms with van der Waals surface area (Å²) in [6, 6.07) is 9.95. The van der Waals surface area contributed by atoms with Crippen molar-refractivity contribution < 1.29 is 4.79 Å². The average Bonchev–Trinajstić information content (AvgIpc) is 3.27. The Balaban J connectivity index is 1.66. The minimum absolute atomic E-state index is 0.0353. The molecule has 0 N–H and O–H groups in total. The van der Waals surface area contributed by atoms with Crippen LogP contribution in [0.25, 0.3) is 10.2 Å². The largest absolute Gasteiger partial charge is 0.308 e. The van der Waals surface area contributed by atoms with Crippen molar-refractivity contribution >= 4 is 44.9 Å². The number of benzene rings is 1. The zero-order valence-corrected chi connectivity index (χ0v) is 17.4. The Labute approximate surface area is 171 Å². The number of hydrogen-bond donors (Lipinski definition) is 0. The molecule has 3 aromatic rings. The lowest BCUT2D eigenvalue weighted by Crippen LogP contribution is -2.40. The van der Waals surface area contributed by atoms with Crippen molar-refractivity contribution in [2.45, 2.75) is 43.3 Å². The van der Waals surface area contributed by atoms with E-state index in [2.05, 4.69) is 24.6 Å². The fourth-order valence-electron chi connectivity index (χ4n) is 3.62. The van der Waals surface area contributed by atoms with Crippen LogP contribution >= 0.6 is 23.1 Å². The molecule has 144 valence electrons. The van der Waals surface area contributed by atoms with Gasteiger partial charge in [0.25, 0.3) is 5.56 Å². The molecule has 0 spiro atoms. The average molecular weight is 412 g/mol. The molecule has 1 aromatic carbocycles. The quantitative estimate of drug-likeness (QED) is 0.360. The molecule has 1 amide bonds. The van der Waals surface area contributed by atoms with Crippen LogP contribution in [0, 0.1) is 0 Å². The number of aromatic nitrogens is 2. The first-order chi connectivity index (χ1) is 13.5. The Morgan fingerprint density at radius 1 is 1.43 bits per heavy atom. The summed E-state index contributed by atoms with van der Waals surface area (Å²) in [6.07, 6.45) is 2.54. The number of anilines is 1. The molecule has 7 heteroatoms. The van der Waals surface area contributed by atoms with Crippen molar-refractivity contribution in [2.75, 3.05) is 4.90 Å². The van der Waals surface area contributed by atoms with Crippen molar-refractivity contribution in [1.29, 1.82) is 0 Å². The molecule has 2 aromatic heterocycles. The fraction of sp³-hybridized carbons (Fsp3) is 0.286. The summed E-state index contributed by atoms with van der Waals surface area (Å²) >= 11 is 2.77. The predicted octanol–water partition coefficient (Wildman–Crippen LogP) is 4.10. The van der Waals surface area contributed by atoms with Crippen LogP contribution in [0.4, 0.5) is 5.69 Å². The number of nitrogens with zero attached hydrogens (tertiary/aromatic N) is 3. The number of para-hydroxylation sites is 1. The van der Waals surface area contributed by atoms with Gasteiger partial charge in [-0.25, -0.2) is 4.98 Å². The normalized spacial score (nSPS) is 16.9. The molecular formula is C21H21N3O2S2. The lowest BCUT2D eigenvalue weighted by Gasteiger charge is -2.26. The Morgan fingerprint density at radius 2 is 2.21 bits per heavy atom. The molecule has 5 nitrogen and oxygen atoms in total. The third kappa shape index (κ3) is 3.18. The van der Waals surface area contributed by atoms with E-state index in [1.54, 1.807) is 16.7 Å². The Morgan fingerprint density at radius 3 is 3.00 bits per heavy atom. The van der Waals surface area contributed by atoms with E-state index in [4.69, 9.17) is 0 Å². The highest BCUT2D eigenvalue weighted by molar-refractivity contribution is 8.00. The summed E-state index contributed by atoms with van der Waals surface area (Å²) in [4.78, 5) is 33.3. The summed E-state index contributed by atoms with van der Waals surface area (Å²) in [5.41, 5.74) is 2.09. The SMILES string of the molecule is C=CCn1c(SC(C)C(=O)N2c3ccccc3CC2C)nc2sccc2c1=O. The van der Waals surface area contributed by atoms with Crippen LogP contribution < -0.4 is 10.5 Å². The van der Waals surface area contributed by atoms with Crippen molar-refractivity contribution in [3.8, 4) is 0 Å². The molecule has 0 fully saturated rings. The van der Waals surface area contributed by atoms with Gasteiger partial charge in [-0.1, -0.05) is 36.0 Å². The van der Waals surface area contributed by atoms with E-state index >= 15 is 0 Å². The predicted molar refractivity (Wildman–Crippen MR) is 116 cm³/mol. The number of fused-ring (bicyclic) bond motifs is 2. The summed E-state index contributed by atoms with van der Waals surface area (Å²) in [6.45, 7) is 8.06. The highest BCUT2D eigenvalue weighted by atomic mass is 32.2. The Bertz CT molecular complexity index is 1120. The van der Waals surface area contributed by atoms with Crippen molar-refractivity contribution in [1.82, 2.24) is 9.55 Å². The van der Waals surface area contributed by atoms with Gasteiger partial charge in [0.1, 0.15) is 4.83 Å². The number of thiophene rings is 1. The van der Waals surface area contributed by atoms with E-state index in [1.165, 1.54) is 28.7 Å². The number of carbonyl (C=O) groups is 1. The zero-order chi connectivity index (χ0) is 19.8. The van der Waals surface area contributed by atoms with Gasteiger partial charge in [0, 0.05) is 18.3 Å². The maximum atomic E-state index is 13.3. The van der Waals surface area contributed by atoms with E-state index < -0.39 is 0 Å². The van der Waals surface area contributed by atoms with E-state index in [-0.39, 0.29) is 22.8 Å². The molecule has 1 aliphatic rings. The van der Waals surface area contributed by atoms with Gasteiger partial charge in [0.05, 0.1) is 10.6 Å². The third-order valence-corrected chi connectivity index (χ3v) is 6.82. The first-order valence-corrected chi connectivity index (χ1v) is 10.9. The highest BCUT2D eigenvalue weighted by Gasteiger charge is 2.34. The molecule has 0 bridgehead atoms. The number of amides is 1. The number of allylic oxidation sites excluding steroid dienone is 1. The molecule has 28 heavy (non-hydrogen) atoms. The van der Waals surface area contributed by atoms with Crippen LogP contribution in [0.5, 0.6) is 0 Å². The molecule has 0 aliphatic carbocycles. The molecule has 0 radical (unpaired) electrons. The minimum atomic E-state index is -0.367. The highest BCUT2D eigenvalue weighted by Crippen LogP contribution is 2.34. The minimum Gasteiger partial charge on any atom is -0.308 e. The molecule has 2 atom stereocenters. The van der Waals surface area contributed by atoms with Crippen LogP contribution in [0.1, 0.15) is 19.4 Å². The van der Waals surface area contributed by atoms with Crippen molar-refractivity contribution in [3.05, 3.63) is 64.3 Å². The van der Waals surface area contributed by atoms with Crippen LogP contribution in [0.3, 0.4) is 0 Å². The molecule has 2 unspecified atom stereocenters. The molecule has 4 rings (SSSR count). The summed E-state index contributed by atoms with van der Waals surface area (Å²) in [5.74, 6) is 0.0353. The molecule has 3 heterocycles. The lowest BCUT2D eigenvalue weighted by atomic mass is 10.1. The topological polar surface area (TPSA) is 55.2 Å². The van der Waals surface area contributed by atoms with Gasteiger partial charge >= 0.3 is 0 Å². The first-order valence-electron chi connectivity index (χ1n) is 9.18. The molecular weight excluding hydrogens is 390 g/mol. The Hall–Kier alpha value is -2.38. The summed E-state index contributed by atoms with van der Waals surface area (Å²) in [5, 5.41) is 2.66. The second-order valence-corrected chi connectivity index (χ2v) is 9.09.